The number of fused-ring (bicyclic) bond motifs is 1. The molecule has 3 nitrogen and oxygen atoms in total. The fourth-order valence-electron chi connectivity index (χ4n) is 2.58. The predicted octanol–water partition coefficient (Wildman–Crippen LogP) is 3.34. The predicted molar refractivity (Wildman–Crippen MR) is 78.0 cm³/mol. The van der Waals surface area contributed by atoms with Crippen molar-refractivity contribution in [2.24, 2.45) is 0 Å². The molecule has 0 amide bonds. The van der Waals surface area contributed by atoms with E-state index in [0.717, 1.165) is 18.0 Å². The zero-order valence-corrected chi connectivity index (χ0v) is 12.1. The third kappa shape index (κ3) is 3.87. The molecule has 2 aliphatic heterocycles. The van der Waals surface area contributed by atoms with Gasteiger partial charge >= 0.3 is 0 Å². The molecular weight excluding hydrogens is 238 g/mol. The normalized spacial score (nSPS) is 22.3. The number of hydrogen-bond acceptors (Lipinski definition) is 3. The van der Waals surface area contributed by atoms with E-state index in [9.17, 15) is 0 Å². The Balaban J connectivity index is 0.000000637. The molecule has 1 aromatic rings. The van der Waals surface area contributed by atoms with Gasteiger partial charge in [-0.1, -0.05) is 32.4 Å². The van der Waals surface area contributed by atoms with Crippen molar-refractivity contribution in [2.45, 2.75) is 39.2 Å². The van der Waals surface area contributed by atoms with Crippen LogP contribution >= 0.6 is 0 Å². The average molecular weight is 263 g/mol. The van der Waals surface area contributed by atoms with Crippen molar-refractivity contribution in [1.82, 2.24) is 4.90 Å². The molecule has 3 heteroatoms. The van der Waals surface area contributed by atoms with Crippen LogP contribution in [-0.2, 0) is 0 Å². The number of ether oxygens (including phenoxy) is 2. The van der Waals surface area contributed by atoms with Crippen molar-refractivity contribution in [2.75, 3.05) is 26.2 Å². The lowest BCUT2D eigenvalue weighted by molar-refractivity contribution is 0.0533. The van der Waals surface area contributed by atoms with Gasteiger partial charge in [-0.2, -0.15) is 0 Å². The second-order valence-corrected chi connectivity index (χ2v) is 4.86. The first-order valence-corrected chi connectivity index (χ1v) is 7.53. The number of rotatable bonds is 2. The maximum atomic E-state index is 5.97. The van der Waals surface area contributed by atoms with Gasteiger partial charge in [0.25, 0.3) is 0 Å². The zero-order chi connectivity index (χ0) is 13.5. The van der Waals surface area contributed by atoms with Crippen LogP contribution in [0.2, 0.25) is 0 Å². The van der Waals surface area contributed by atoms with E-state index in [0.29, 0.717) is 6.61 Å². The van der Waals surface area contributed by atoms with Crippen LogP contribution in [0.5, 0.6) is 11.5 Å². The van der Waals surface area contributed by atoms with Crippen LogP contribution in [0.15, 0.2) is 24.3 Å². The van der Waals surface area contributed by atoms with Crippen LogP contribution in [0.1, 0.15) is 33.1 Å². The summed E-state index contributed by atoms with van der Waals surface area (Å²) >= 11 is 0. The van der Waals surface area contributed by atoms with Gasteiger partial charge in [-0.15, -0.1) is 0 Å². The minimum atomic E-state index is 0.183. The monoisotopic (exact) mass is 263 g/mol. The van der Waals surface area contributed by atoms with Gasteiger partial charge in [0, 0.05) is 6.54 Å². The summed E-state index contributed by atoms with van der Waals surface area (Å²) in [5.41, 5.74) is 0. The van der Waals surface area contributed by atoms with Gasteiger partial charge in [0.05, 0.1) is 0 Å². The summed E-state index contributed by atoms with van der Waals surface area (Å²) in [6.07, 6.45) is 4.21. The minimum Gasteiger partial charge on any atom is -0.486 e. The Morgan fingerprint density at radius 3 is 2.47 bits per heavy atom. The van der Waals surface area contributed by atoms with Crippen molar-refractivity contribution >= 4 is 0 Å². The lowest BCUT2D eigenvalue weighted by atomic mass is 10.1. The van der Waals surface area contributed by atoms with Gasteiger partial charge in [0.15, 0.2) is 11.5 Å². The Morgan fingerprint density at radius 2 is 1.74 bits per heavy atom. The van der Waals surface area contributed by atoms with E-state index in [4.69, 9.17) is 9.47 Å². The molecule has 2 aliphatic rings. The number of likely N-dealkylation sites (tertiary alicyclic amines) is 1. The summed E-state index contributed by atoms with van der Waals surface area (Å²) in [5.74, 6) is 1.77. The molecule has 2 heterocycles. The molecule has 1 atom stereocenters. The van der Waals surface area contributed by atoms with Gasteiger partial charge in [-0.05, 0) is 38.1 Å². The van der Waals surface area contributed by atoms with Gasteiger partial charge < -0.3 is 9.47 Å². The Bertz CT molecular complexity index is 375. The van der Waals surface area contributed by atoms with Crippen LogP contribution in [-0.4, -0.2) is 37.2 Å². The Morgan fingerprint density at radius 1 is 1.05 bits per heavy atom. The van der Waals surface area contributed by atoms with Crippen molar-refractivity contribution in [1.29, 1.82) is 0 Å². The third-order valence-corrected chi connectivity index (χ3v) is 3.48. The summed E-state index contributed by atoms with van der Waals surface area (Å²) in [5, 5.41) is 0. The Hall–Kier alpha value is -1.22. The van der Waals surface area contributed by atoms with Gasteiger partial charge in [-0.3, -0.25) is 4.90 Å². The Labute approximate surface area is 116 Å². The minimum absolute atomic E-state index is 0.183. The molecule has 0 aliphatic carbocycles. The quantitative estimate of drug-likeness (QED) is 0.817. The van der Waals surface area contributed by atoms with Crippen LogP contribution in [0.25, 0.3) is 0 Å². The largest absolute Gasteiger partial charge is 0.486 e. The average Bonchev–Trinajstić information content (AvgIpc) is 2.50. The van der Waals surface area contributed by atoms with Crippen LogP contribution < -0.4 is 9.47 Å². The standard InChI is InChI=1S/C14H19NO2.C2H6/c1-4-8-15(9-5-1)10-12-11-16-13-6-2-3-7-14(13)17-12;1-2/h2-3,6-7,12H,1,4-5,8-11H2;1-2H3. The van der Waals surface area contributed by atoms with Gasteiger partial charge in [-0.25, -0.2) is 0 Å². The molecule has 0 saturated carbocycles. The zero-order valence-electron chi connectivity index (χ0n) is 12.1. The Kier molecular flexibility index (Phi) is 5.52. The second kappa shape index (κ2) is 7.39. The lowest BCUT2D eigenvalue weighted by Crippen LogP contribution is -2.42. The summed E-state index contributed by atoms with van der Waals surface area (Å²) in [7, 11) is 0. The topological polar surface area (TPSA) is 21.7 Å². The molecule has 1 aromatic carbocycles. The molecular formula is C16H25NO2. The first-order valence-electron chi connectivity index (χ1n) is 7.53. The van der Waals surface area contributed by atoms with Crippen LogP contribution in [0.4, 0.5) is 0 Å². The number of para-hydroxylation sites is 2. The van der Waals surface area contributed by atoms with Crippen molar-refractivity contribution in [3.05, 3.63) is 24.3 Å². The SMILES string of the molecule is CC.c1ccc2c(c1)OCC(CN1CCCCC1)O2. The van der Waals surface area contributed by atoms with E-state index in [1.54, 1.807) is 0 Å². The number of piperidine rings is 1. The molecule has 106 valence electrons. The number of hydrogen-bond donors (Lipinski definition) is 0. The lowest BCUT2D eigenvalue weighted by Gasteiger charge is -2.33. The fraction of sp³-hybridized carbons (Fsp3) is 0.625. The highest BCUT2D eigenvalue weighted by Crippen LogP contribution is 2.31. The fourth-order valence-corrected chi connectivity index (χ4v) is 2.58. The number of nitrogens with zero attached hydrogens (tertiary/aromatic N) is 1. The molecule has 0 aromatic heterocycles. The molecule has 3 rings (SSSR count). The highest BCUT2D eigenvalue weighted by atomic mass is 16.6. The summed E-state index contributed by atoms with van der Waals surface area (Å²) in [4.78, 5) is 2.49. The first-order chi connectivity index (χ1) is 9.42. The summed E-state index contributed by atoms with van der Waals surface area (Å²) < 4.78 is 11.7. The first kappa shape index (κ1) is 14.2. The third-order valence-electron chi connectivity index (χ3n) is 3.48. The molecule has 0 spiro atoms. The molecule has 19 heavy (non-hydrogen) atoms. The van der Waals surface area contributed by atoms with Crippen LogP contribution in [0, 0.1) is 0 Å². The highest BCUT2D eigenvalue weighted by Gasteiger charge is 2.23. The smallest absolute Gasteiger partial charge is 0.161 e. The molecule has 0 radical (unpaired) electrons. The highest BCUT2D eigenvalue weighted by molar-refractivity contribution is 5.40. The van der Waals surface area contributed by atoms with Gasteiger partial charge in [0.2, 0.25) is 0 Å². The van der Waals surface area contributed by atoms with Gasteiger partial charge in [0.1, 0.15) is 12.7 Å². The van der Waals surface area contributed by atoms with E-state index in [1.807, 2.05) is 38.1 Å². The van der Waals surface area contributed by atoms with Crippen molar-refractivity contribution in [3.8, 4) is 11.5 Å². The maximum Gasteiger partial charge on any atom is 0.161 e. The summed E-state index contributed by atoms with van der Waals surface area (Å²) in [6.45, 7) is 8.09. The molecule has 0 bridgehead atoms. The summed E-state index contributed by atoms with van der Waals surface area (Å²) in [6, 6.07) is 7.92. The van der Waals surface area contributed by atoms with E-state index in [-0.39, 0.29) is 6.10 Å². The second-order valence-electron chi connectivity index (χ2n) is 4.86. The molecule has 1 saturated heterocycles. The van der Waals surface area contributed by atoms with Crippen molar-refractivity contribution < 1.29 is 9.47 Å². The molecule has 1 fully saturated rings. The van der Waals surface area contributed by atoms with Crippen LogP contribution in [0.3, 0.4) is 0 Å². The molecule has 1 unspecified atom stereocenters. The molecule has 0 N–H and O–H groups in total. The van der Waals surface area contributed by atoms with E-state index < -0.39 is 0 Å². The number of benzene rings is 1. The van der Waals surface area contributed by atoms with E-state index in [2.05, 4.69) is 4.90 Å². The van der Waals surface area contributed by atoms with E-state index >= 15 is 0 Å². The van der Waals surface area contributed by atoms with Crippen molar-refractivity contribution in [3.63, 3.8) is 0 Å². The maximum absolute atomic E-state index is 5.97. The van der Waals surface area contributed by atoms with E-state index in [1.165, 1.54) is 32.4 Å².